The molecule has 31 heavy (non-hydrogen) atoms. The highest BCUT2D eigenvalue weighted by Gasteiger charge is 2.19. The second-order valence-electron chi connectivity index (χ2n) is 7.48. The number of imidazole rings is 1. The zero-order valence-electron chi connectivity index (χ0n) is 16.9. The van der Waals surface area contributed by atoms with E-state index < -0.39 is 0 Å². The van der Waals surface area contributed by atoms with Crippen LogP contribution in [0.2, 0.25) is 0 Å². The molecule has 0 atom stereocenters. The summed E-state index contributed by atoms with van der Waals surface area (Å²) in [6.45, 7) is 4.43. The molecule has 0 saturated carbocycles. The van der Waals surface area contributed by atoms with Crippen LogP contribution in [0.15, 0.2) is 58.8 Å². The van der Waals surface area contributed by atoms with Crippen LogP contribution in [0.4, 0.5) is 0 Å². The number of fused-ring (bicyclic) bond motifs is 2. The van der Waals surface area contributed by atoms with Gasteiger partial charge in [0.2, 0.25) is 0 Å². The topological polar surface area (TPSA) is 77.1 Å². The van der Waals surface area contributed by atoms with Crippen molar-refractivity contribution in [3.8, 4) is 10.6 Å². The molecule has 0 unspecified atom stereocenters. The summed E-state index contributed by atoms with van der Waals surface area (Å²) in [5.41, 5.74) is 3.66. The van der Waals surface area contributed by atoms with Crippen LogP contribution in [0.1, 0.15) is 35.9 Å². The molecular weight excluding hydrogens is 476 g/mol. The van der Waals surface area contributed by atoms with Gasteiger partial charge < -0.3 is 9.72 Å². The molecule has 0 spiro atoms. The first kappa shape index (κ1) is 19.9. The number of carbonyl (C=O) groups excluding carboxylic acids is 1. The van der Waals surface area contributed by atoms with Crippen molar-refractivity contribution in [1.82, 2.24) is 29.5 Å². The smallest absolute Gasteiger partial charge is 0.252 e. The summed E-state index contributed by atoms with van der Waals surface area (Å²) in [5.74, 6) is -0.174. The standard InChI is InChI=1S/C22H19BrN6OS/c1-13(2)29-21-17(10-25-29)16(8-18(27-21)19-4-3-7-31-19)22(30)24-9-15-12-28-11-14(23)5-6-20(28)26-15/h3-8,10-13H,9H2,1-2H3,(H,24,30). The van der Waals surface area contributed by atoms with Crippen molar-refractivity contribution < 1.29 is 4.79 Å². The molecule has 5 aromatic heterocycles. The van der Waals surface area contributed by atoms with Gasteiger partial charge in [-0.05, 0) is 59.4 Å². The Morgan fingerprint density at radius 3 is 2.87 bits per heavy atom. The van der Waals surface area contributed by atoms with E-state index >= 15 is 0 Å². The van der Waals surface area contributed by atoms with Gasteiger partial charge >= 0.3 is 0 Å². The Kier molecular flexibility index (Phi) is 5.07. The van der Waals surface area contributed by atoms with E-state index in [1.807, 2.05) is 71.0 Å². The Balaban J connectivity index is 1.49. The van der Waals surface area contributed by atoms with Crippen molar-refractivity contribution in [2.24, 2.45) is 0 Å². The number of aromatic nitrogens is 5. The van der Waals surface area contributed by atoms with Crippen molar-refractivity contribution in [3.63, 3.8) is 0 Å². The minimum atomic E-state index is -0.174. The van der Waals surface area contributed by atoms with E-state index in [4.69, 9.17) is 4.98 Å². The maximum atomic E-state index is 13.2. The molecule has 0 aliphatic carbocycles. The van der Waals surface area contributed by atoms with Crippen LogP contribution >= 0.6 is 27.3 Å². The lowest BCUT2D eigenvalue weighted by Gasteiger charge is -2.10. The van der Waals surface area contributed by atoms with Crippen LogP contribution in [0.5, 0.6) is 0 Å². The van der Waals surface area contributed by atoms with E-state index in [0.717, 1.165) is 31.8 Å². The molecule has 0 radical (unpaired) electrons. The predicted molar refractivity (Wildman–Crippen MR) is 125 cm³/mol. The summed E-state index contributed by atoms with van der Waals surface area (Å²) in [7, 11) is 0. The second-order valence-corrected chi connectivity index (χ2v) is 9.34. The maximum Gasteiger partial charge on any atom is 0.252 e. The van der Waals surface area contributed by atoms with Gasteiger partial charge in [0.05, 0.1) is 40.0 Å². The third kappa shape index (κ3) is 3.75. The zero-order valence-corrected chi connectivity index (χ0v) is 19.3. The summed E-state index contributed by atoms with van der Waals surface area (Å²) < 4.78 is 4.75. The van der Waals surface area contributed by atoms with Crippen molar-refractivity contribution in [1.29, 1.82) is 0 Å². The predicted octanol–water partition coefficient (Wildman–Crippen LogP) is 5.08. The van der Waals surface area contributed by atoms with E-state index in [1.165, 1.54) is 0 Å². The molecule has 5 aromatic rings. The average molecular weight is 495 g/mol. The normalized spacial score (nSPS) is 11.6. The fourth-order valence-corrected chi connectivity index (χ4v) is 4.54. The molecule has 0 saturated heterocycles. The Hall–Kier alpha value is -3.04. The van der Waals surface area contributed by atoms with Gasteiger partial charge in [0, 0.05) is 22.9 Å². The van der Waals surface area contributed by atoms with Crippen molar-refractivity contribution in [3.05, 3.63) is 70.0 Å². The van der Waals surface area contributed by atoms with Gasteiger partial charge in [-0.25, -0.2) is 14.6 Å². The van der Waals surface area contributed by atoms with Crippen molar-refractivity contribution in [2.45, 2.75) is 26.4 Å². The number of nitrogens with one attached hydrogen (secondary N) is 1. The molecule has 1 N–H and O–H groups in total. The lowest BCUT2D eigenvalue weighted by atomic mass is 10.1. The highest BCUT2D eigenvalue weighted by atomic mass is 79.9. The van der Waals surface area contributed by atoms with Crippen LogP contribution in [-0.4, -0.2) is 30.1 Å². The highest BCUT2D eigenvalue weighted by Crippen LogP contribution is 2.29. The zero-order chi connectivity index (χ0) is 21.5. The third-order valence-electron chi connectivity index (χ3n) is 4.97. The number of halogens is 1. The van der Waals surface area contributed by atoms with Crippen LogP contribution in [0.3, 0.4) is 0 Å². The molecule has 0 aliphatic heterocycles. The second kappa shape index (κ2) is 7.90. The number of nitrogens with zero attached hydrogens (tertiary/aromatic N) is 5. The minimum absolute atomic E-state index is 0.136. The number of pyridine rings is 2. The van der Waals surface area contributed by atoms with Crippen LogP contribution < -0.4 is 5.32 Å². The fraction of sp³-hybridized carbons (Fsp3) is 0.182. The first-order valence-electron chi connectivity index (χ1n) is 9.83. The lowest BCUT2D eigenvalue weighted by Crippen LogP contribution is -2.23. The molecule has 0 aromatic carbocycles. The molecular formula is C22H19BrN6OS. The molecule has 0 aliphatic rings. The SMILES string of the molecule is CC(C)n1ncc2c(C(=O)NCc3cn4cc(Br)ccc4n3)cc(-c3cccs3)nc21. The molecule has 0 bridgehead atoms. The van der Waals surface area contributed by atoms with E-state index in [9.17, 15) is 4.79 Å². The Morgan fingerprint density at radius 2 is 2.10 bits per heavy atom. The number of hydrogen-bond donors (Lipinski definition) is 1. The number of rotatable bonds is 5. The summed E-state index contributed by atoms with van der Waals surface area (Å²) in [6, 6.07) is 9.83. The Labute approximate surface area is 190 Å². The van der Waals surface area contributed by atoms with Crippen LogP contribution in [0, 0.1) is 0 Å². The molecule has 0 fully saturated rings. The minimum Gasteiger partial charge on any atom is -0.346 e. The average Bonchev–Trinajstić information content (AvgIpc) is 3.49. The fourth-order valence-electron chi connectivity index (χ4n) is 3.50. The quantitative estimate of drug-likeness (QED) is 0.369. The number of amides is 1. The number of carbonyl (C=O) groups is 1. The maximum absolute atomic E-state index is 13.2. The lowest BCUT2D eigenvalue weighted by molar-refractivity contribution is 0.0952. The molecule has 156 valence electrons. The van der Waals surface area contributed by atoms with Gasteiger partial charge in [-0.15, -0.1) is 11.3 Å². The van der Waals surface area contributed by atoms with E-state index in [-0.39, 0.29) is 11.9 Å². The third-order valence-corrected chi connectivity index (χ3v) is 6.33. The molecule has 7 nitrogen and oxygen atoms in total. The first-order chi connectivity index (χ1) is 15.0. The first-order valence-corrected chi connectivity index (χ1v) is 11.5. The van der Waals surface area contributed by atoms with E-state index in [0.29, 0.717) is 17.8 Å². The van der Waals surface area contributed by atoms with Gasteiger partial charge in [0.1, 0.15) is 5.65 Å². The van der Waals surface area contributed by atoms with Crippen molar-refractivity contribution in [2.75, 3.05) is 0 Å². The monoisotopic (exact) mass is 494 g/mol. The summed E-state index contributed by atoms with van der Waals surface area (Å²) >= 11 is 5.06. The van der Waals surface area contributed by atoms with E-state index in [2.05, 4.69) is 31.3 Å². The highest BCUT2D eigenvalue weighted by molar-refractivity contribution is 9.10. The molecule has 9 heteroatoms. The summed E-state index contributed by atoms with van der Waals surface area (Å²) in [6.07, 6.45) is 5.57. The molecule has 5 rings (SSSR count). The van der Waals surface area contributed by atoms with Gasteiger partial charge in [-0.1, -0.05) is 6.07 Å². The van der Waals surface area contributed by atoms with Gasteiger partial charge in [-0.3, -0.25) is 4.79 Å². The Bertz CT molecular complexity index is 1400. The van der Waals surface area contributed by atoms with Crippen molar-refractivity contribution >= 4 is 49.9 Å². The van der Waals surface area contributed by atoms with Gasteiger partial charge in [0.25, 0.3) is 5.91 Å². The summed E-state index contributed by atoms with van der Waals surface area (Å²) in [4.78, 5) is 23.6. The molecule has 5 heterocycles. The van der Waals surface area contributed by atoms with Crippen LogP contribution in [0.25, 0.3) is 27.3 Å². The van der Waals surface area contributed by atoms with Gasteiger partial charge in [0.15, 0.2) is 5.65 Å². The number of hydrogen-bond acceptors (Lipinski definition) is 5. The largest absolute Gasteiger partial charge is 0.346 e. The number of thiophene rings is 1. The van der Waals surface area contributed by atoms with Gasteiger partial charge in [-0.2, -0.15) is 5.10 Å². The summed E-state index contributed by atoms with van der Waals surface area (Å²) in [5, 5.41) is 10.2. The van der Waals surface area contributed by atoms with Crippen LogP contribution in [-0.2, 0) is 6.54 Å². The Morgan fingerprint density at radius 1 is 1.23 bits per heavy atom. The molecule has 1 amide bonds. The van der Waals surface area contributed by atoms with E-state index in [1.54, 1.807) is 17.5 Å².